The van der Waals surface area contributed by atoms with E-state index < -0.39 is 17.6 Å². The second kappa shape index (κ2) is 17.0. The number of likely N-dealkylation sites (N-methyl/N-ethyl adjacent to an activating group) is 2. The van der Waals surface area contributed by atoms with Crippen molar-refractivity contribution in [1.82, 2.24) is 20.0 Å². The van der Waals surface area contributed by atoms with Gasteiger partial charge in [-0.2, -0.15) is 0 Å². The zero-order valence-corrected chi connectivity index (χ0v) is 30.3. The first-order valence-electron chi connectivity index (χ1n) is 17.0. The van der Waals surface area contributed by atoms with Crippen LogP contribution in [-0.2, 0) is 27.2 Å². The Morgan fingerprint density at radius 3 is 2.27 bits per heavy atom. The maximum Gasteiger partial charge on any atom is 0.246 e. The van der Waals surface area contributed by atoms with Crippen LogP contribution >= 0.6 is 11.3 Å². The van der Waals surface area contributed by atoms with Gasteiger partial charge >= 0.3 is 0 Å². The summed E-state index contributed by atoms with van der Waals surface area (Å²) in [5.74, 6) is -0.736. The third-order valence-electron chi connectivity index (χ3n) is 9.24. The molecule has 1 fully saturated rings. The Balaban J connectivity index is 1.58. The van der Waals surface area contributed by atoms with Crippen LogP contribution in [0.3, 0.4) is 0 Å². The highest BCUT2D eigenvalue weighted by Gasteiger charge is 2.35. The molecule has 8 nitrogen and oxygen atoms in total. The smallest absolute Gasteiger partial charge is 0.246 e. The van der Waals surface area contributed by atoms with E-state index in [2.05, 4.69) is 29.4 Å². The number of carbonyl (C=O) groups excluding carboxylic acids is 3. The molecule has 0 aliphatic carbocycles. The molecule has 2 heterocycles. The van der Waals surface area contributed by atoms with Crippen molar-refractivity contribution in [2.75, 3.05) is 34.2 Å². The first-order chi connectivity index (χ1) is 22.8. The molecule has 1 aromatic heterocycles. The van der Waals surface area contributed by atoms with Crippen molar-refractivity contribution in [2.45, 2.75) is 83.0 Å². The third kappa shape index (κ3) is 10.6. The van der Waals surface area contributed by atoms with Gasteiger partial charge in [-0.1, -0.05) is 66.2 Å². The van der Waals surface area contributed by atoms with Crippen molar-refractivity contribution in [3.8, 4) is 11.1 Å². The molecule has 48 heavy (non-hydrogen) atoms. The molecule has 3 amide bonds. The standard InChI is InChI=1S/C39H53N5O3S/c1-28(27-39(2,3)40)24-36(45)43(5)35(25-29-16-18-31(19-17-29)30-12-8-7-9-13-30)38(47)44(6)34(26-33-15-11-23-48-33)37(46)41-21-20-32-14-10-22-42(32)4/h7-9,11-13,15-19,23-24,32,34-35H,10,14,20-22,25-27,40H2,1-6H3,(H,41,46)/b28-24+. The summed E-state index contributed by atoms with van der Waals surface area (Å²) in [4.78, 5) is 48.4. The summed E-state index contributed by atoms with van der Waals surface area (Å²) < 4.78 is 0. The summed E-state index contributed by atoms with van der Waals surface area (Å²) in [7, 11) is 5.49. The van der Waals surface area contributed by atoms with Crippen LogP contribution in [0.4, 0.5) is 0 Å². The van der Waals surface area contributed by atoms with E-state index in [1.54, 1.807) is 36.4 Å². The summed E-state index contributed by atoms with van der Waals surface area (Å²) in [6.45, 7) is 7.36. The van der Waals surface area contributed by atoms with Crippen LogP contribution in [0.1, 0.15) is 56.9 Å². The number of amides is 3. The van der Waals surface area contributed by atoms with Crippen LogP contribution in [0.2, 0.25) is 0 Å². The Labute approximate surface area is 291 Å². The quantitative estimate of drug-likeness (QED) is 0.207. The number of nitrogens with one attached hydrogen (secondary N) is 1. The second-order valence-corrected chi connectivity index (χ2v) is 15.0. The van der Waals surface area contributed by atoms with Gasteiger partial charge < -0.3 is 25.8 Å². The van der Waals surface area contributed by atoms with Gasteiger partial charge in [0.1, 0.15) is 12.1 Å². The molecule has 3 unspecified atom stereocenters. The largest absolute Gasteiger partial charge is 0.354 e. The molecule has 0 radical (unpaired) electrons. The lowest BCUT2D eigenvalue weighted by Crippen LogP contribution is -2.56. The first kappa shape index (κ1) is 37.0. The Hall–Kier alpha value is -3.79. The van der Waals surface area contributed by atoms with Gasteiger partial charge in [0.15, 0.2) is 0 Å². The zero-order valence-electron chi connectivity index (χ0n) is 29.4. The number of benzene rings is 2. The molecule has 1 aliphatic heterocycles. The fourth-order valence-electron chi connectivity index (χ4n) is 6.55. The SMILES string of the molecule is C/C(=C\C(=O)N(C)C(Cc1ccc(-c2ccccc2)cc1)C(=O)N(C)C(Cc1cccs1)C(=O)NCCC1CCCN1C)CC(C)(C)N. The number of thiophene rings is 1. The minimum Gasteiger partial charge on any atom is -0.354 e. The van der Waals surface area contributed by atoms with Gasteiger partial charge in [0, 0.05) is 56.0 Å². The maximum absolute atomic E-state index is 14.5. The van der Waals surface area contributed by atoms with Gasteiger partial charge in [-0.3, -0.25) is 14.4 Å². The van der Waals surface area contributed by atoms with Crippen molar-refractivity contribution >= 4 is 29.1 Å². The molecule has 258 valence electrons. The fraction of sp³-hybridized carbons (Fsp3) is 0.462. The maximum atomic E-state index is 14.5. The molecule has 0 bridgehead atoms. The number of nitrogens with two attached hydrogens (primary N) is 1. The molecule has 1 saturated heterocycles. The predicted octanol–water partition coefficient (Wildman–Crippen LogP) is 5.53. The fourth-order valence-corrected chi connectivity index (χ4v) is 7.29. The molecular weight excluding hydrogens is 619 g/mol. The zero-order chi connectivity index (χ0) is 34.8. The monoisotopic (exact) mass is 671 g/mol. The lowest BCUT2D eigenvalue weighted by molar-refractivity contribution is -0.146. The summed E-state index contributed by atoms with van der Waals surface area (Å²) in [6.07, 6.45) is 6.00. The highest BCUT2D eigenvalue weighted by atomic mass is 32.1. The van der Waals surface area contributed by atoms with Crippen molar-refractivity contribution in [3.05, 3.63) is 94.2 Å². The second-order valence-electron chi connectivity index (χ2n) is 14.0. The van der Waals surface area contributed by atoms with Crippen molar-refractivity contribution in [1.29, 1.82) is 0 Å². The molecule has 2 aromatic carbocycles. The normalized spacial score (nSPS) is 16.7. The van der Waals surface area contributed by atoms with E-state index in [4.69, 9.17) is 5.73 Å². The van der Waals surface area contributed by atoms with E-state index in [0.29, 0.717) is 31.8 Å². The third-order valence-corrected chi connectivity index (χ3v) is 10.1. The highest BCUT2D eigenvalue weighted by molar-refractivity contribution is 7.09. The predicted molar refractivity (Wildman–Crippen MR) is 197 cm³/mol. The Kier molecular flexibility index (Phi) is 13.2. The number of nitrogens with zero attached hydrogens (tertiary/aromatic N) is 3. The summed E-state index contributed by atoms with van der Waals surface area (Å²) in [5.41, 5.74) is 9.69. The molecule has 9 heteroatoms. The van der Waals surface area contributed by atoms with E-state index in [1.807, 2.05) is 80.7 Å². The van der Waals surface area contributed by atoms with Crippen molar-refractivity contribution in [3.63, 3.8) is 0 Å². The minimum absolute atomic E-state index is 0.180. The van der Waals surface area contributed by atoms with Crippen molar-refractivity contribution < 1.29 is 14.4 Å². The highest BCUT2D eigenvalue weighted by Crippen LogP contribution is 2.23. The Morgan fingerprint density at radius 2 is 1.67 bits per heavy atom. The first-order valence-corrected chi connectivity index (χ1v) is 17.8. The lowest BCUT2D eigenvalue weighted by Gasteiger charge is -2.34. The van der Waals surface area contributed by atoms with Crippen molar-refractivity contribution in [2.24, 2.45) is 5.73 Å². The van der Waals surface area contributed by atoms with Gasteiger partial charge in [0.05, 0.1) is 0 Å². The van der Waals surface area contributed by atoms with Gasteiger partial charge in [0.2, 0.25) is 17.7 Å². The molecule has 0 spiro atoms. The molecule has 3 atom stereocenters. The van der Waals surface area contributed by atoms with E-state index in [-0.39, 0.29) is 17.7 Å². The van der Waals surface area contributed by atoms with Gasteiger partial charge in [-0.05, 0) is 88.2 Å². The van der Waals surface area contributed by atoms with Crippen LogP contribution in [0.25, 0.3) is 11.1 Å². The number of hydrogen-bond donors (Lipinski definition) is 2. The molecule has 3 N–H and O–H groups in total. The van der Waals surface area contributed by atoms with E-state index >= 15 is 0 Å². The summed E-state index contributed by atoms with van der Waals surface area (Å²) in [6, 6.07) is 21.1. The van der Waals surface area contributed by atoms with E-state index in [1.165, 1.54) is 11.3 Å². The average Bonchev–Trinajstić information content (AvgIpc) is 3.72. The van der Waals surface area contributed by atoms with Crippen LogP contribution in [0, 0.1) is 0 Å². The number of rotatable bonds is 15. The topological polar surface area (TPSA) is 99.0 Å². The molecule has 3 aromatic rings. The van der Waals surface area contributed by atoms with E-state index in [9.17, 15) is 14.4 Å². The van der Waals surface area contributed by atoms with Crippen LogP contribution < -0.4 is 11.1 Å². The molecular formula is C39H53N5O3S. The van der Waals surface area contributed by atoms with E-state index in [0.717, 1.165) is 46.5 Å². The number of likely N-dealkylation sites (tertiary alicyclic amines) is 1. The van der Waals surface area contributed by atoms with Gasteiger partial charge in [-0.25, -0.2) is 0 Å². The molecule has 1 aliphatic rings. The summed E-state index contributed by atoms with van der Waals surface area (Å²) in [5, 5.41) is 5.11. The van der Waals surface area contributed by atoms with Crippen LogP contribution in [0.5, 0.6) is 0 Å². The lowest BCUT2D eigenvalue weighted by atomic mass is 9.96. The van der Waals surface area contributed by atoms with Gasteiger partial charge in [-0.15, -0.1) is 11.3 Å². The number of hydrogen-bond acceptors (Lipinski definition) is 6. The average molecular weight is 672 g/mol. The molecule has 0 saturated carbocycles. The van der Waals surface area contributed by atoms with Crippen LogP contribution in [0.15, 0.2) is 83.8 Å². The van der Waals surface area contributed by atoms with Gasteiger partial charge in [0.25, 0.3) is 0 Å². The number of carbonyl (C=O) groups is 3. The molecule has 4 rings (SSSR count). The Morgan fingerprint density at radius 1 is 0.979 bits per heavy atom. The minimum atomic E-state index is -0.828. The summed E-state index contributed by atoms with van der Waals surface area (Å²) >= 11 is 1.57. The van der Waals surface area contributed by atoms with Crippen LogP contribution in [-0.4, -0.2) is 90.3 Å². The Bertz CT molecular complexity index is 1520.